The Morgan fingerprint density at radius 1 is 1.29 bits per heavy atom. The molecule has 2 aromatic rings. The molecule has 0 aliphatic heterocycles. The highest BCUT2D eigenvalue weighted by molar-refractivity contribution is 6.30. The van der Waals surface area contributed by atoms with E-state index in [4.69, 9.17) is 21.4 Å². The molecule has 0 aliphatic rings. The summed E-state index contributed by atoms with van der Waals surface area (Å²) in [5.41, 5.74) is 2.44. The van der Waals surface area contributed by atoms with E-state index in [1.807, 2.05) is 26.0 Å². The summed E-state index contributed by atoms with van der Waals surface area (Å²) in [4.78, 5) is 14.7. The van der Waals surface area contributed by atoms with Gasteiger partial charge in [0.25, 0.3) is 0 Å². The van der Waals surface area contributed by atoms with Crippen LogP contribution in [-0.4, -0.2) is 16.1 Å². The number of carboxylic acids is 1. The van der Waals surface area contributed by atoms with E-state index in [1.54, 1.807) is 18.3 Å². The first-order chi connectivity index (χ1) is 9.95. The van der Waals surface area contributed by atoms with Crippen molar-refractivity contribution in [3.63, 3.8) is 0 Å². The van der Waals surface area contributed by atoms with Crippen LogP contribution in [0.2, 0.25) is 5.02 Å². The fourth-order valence-corrected chi connectivity index (χ4v) is 2.01. The third kappa shape index (κ3) is 4.07. The Morgan fingerprint density at radius 3 is 2.67 bits per heavy atom. The van der Waals surface area contributed by atoms with Crippen LogP contribution in [0.3, 0.4) is 0 Å². The number of hydrogen-bond acceptors (Lipinski definition) is 3. The molecule has 0 amide bonds. The standard InChI is InChI=1S/C16H14ClNO3/c1-10-8-13(17)4-5-14(10)21-16-11(2)7-12(9-18-16)3-6-15(19)20/h3-9H,1-2H3,(H,19,20)/b6-3+. The van der Waals surface area contributed by atoms with Crippen LogP contribution < -0.4 is 4.74 Å². The topological polar surface area (TPSA) is 59.4 Å². The van der Waals surface area contributed by atoms with Gasteiger partial charge in [-0.05, 0) is 55.3 Å². The number of rotatable bonds is 4. The minimum Gasteiger partial charge on any atom is -0.478 e. The molecule has 108 valence electrons. The zero-order valence-electron chi connectivity index (χ0n) is 11.6. The lowest BCUT2D eigenvalue weighted by Gasteiger charge is -2.10. The van der Waals surface area contributed by atoms with Crippen molar-refractivity contribution in [1.29, 1.82) is 0 Å². The second kappa shape index (κ2) is 6.41. The van der Waals surface area contributed by atoms with Gasteiger partial charge in [-0.2, -0.15) is 0 Å². The summed E-state index contributed by atoms with van der Waals surface area (Å²) in [5, 5.41) is 9.26. The van der Waals surface area contributed by atoms with E-state index in [0.717, 1.165) is 17.2 Å². The minimum atomic E-state index is -0.996. The van der Waals surface area contributed by atoms with Crippen LogP contribution in [0.1, 0.15) is 16.7 Å². The van der Waals surface area contributed by atoms with Crippen molar-refractivity contribution >= 4 is 23.6 Å². The molecular formula is C16H14ClNO3. The Bertz CT molecular complexity index is 711. The molecule has 5 heteroatoms. The molecule has 0 atom stereocenters. The van der Waals surface area contributed by atoms with E-state index < -0.39 is 5.97 Å². The molecule has 1 aromatic heterocycles. The minimum absolute atomic E-state index is 0.480. The molecule has 0 radical (unpaired) electrons. The lowest BCUT2D eigenvalue weighted by molar-refractivity contribution is -0.131. The summed E-state index contributed by atoms with van der Waals surface area (Å²) in [5.74, 6) is 0.168. The van der Waals surface area contributed by atoms with Crippen molar-refractivity contribution in [3.05, 3.63) is 58.3 Å². The first-order valence-corrected chi connectivity index (χ1v) is 6.65. The first-order valence-electron chi connectivity index (χ1n) is 6.27. The van der Waals surface area contributed by atoms with Crippen LogP contribution in [0.25, 0.3) is 6.08 Å². The first kappa shape index (κ1) is 15.1. The average molecular weight is 304 g/mol. The fourth-order valence-electron chi connectivity index (χ4n) is 1.78. The normalized spacial score (nSPS) is 10.8. The van der Waals surface area contributed by atoms with Gasteiger partial charge in [-0.15, -0.1) is 0 Å². The van der Waals surface area contributed by atoms with Gasteiger partial charge in [-0.3, -0.25) is 0 Å². The summed E-state index contributed by atoms with van der Waals surface area (Å²) in [6.07, 6.45) is 4.12. The van der Waals surface area contributed by atoms with Crippen LogP contribution >= 0.6 is 11.6 Å². The molecule has 4 nitrogen and oxygen atoms in total. The highest BCUT2D eigenvalue weighted by Crippen LogP contribution is 2.28. The summed E-state index contributed by atoms with van der Waals surface area (Å²) in [7, 11) is 0. The Morgan fingerprint density at radius 2 is 2.05 bits per heavy atom. The highest BCUT2D eigenvalue weighted by atomic mass is 35.5. The predicted octanol–water partition coefficient (Wildman–Crippen LogP) is 4.24. The van der Waals surface area contributed by atoms with Crippen molar-refractivity contribution in [2.45, 2.75) is 13.8 Å². The molecule has 21 heavy (non-hydrogen) atoms. The lowest BCUT2D eigenvalue weighted by Crippen LogP contribution is -1.94. The van der Waals surface area contributed by atoms with Gasteiger partial charge in [-0.1, -0.05) is 11.6 Å². The second-order valence-electron chi connectivity index (χ2n) is 4.57. The van der Waals surface area contributed by atoms with Gasteiger partial charge in [0.05, 0.1) is 0 Å². The number of halogens is 1. The number of ether oxygens (including phenoxy) is 1. The maximum absolute atomic E-state index is 10.5. The molecule has 2 rings (SSSR count). The fraction of sp³-hybridized carbons (Fsp3) is 0.125. The van der Waals surface area contributed by atoms with Gasteiger partial charge >= 0.3 is 5.97 Å². The maximum atomic E-state index is 10.5. The number of hydrogen-bond donors (Lipinski definition) is 1. The van der Waals surface area contributed by atoms with E-state index in [-0.39, 0.29) is 0 Å². The molecule has 1 N–H and O–H groups in total. The Balaban J connectivity index is 2.23. The number of pyridine rings is 1. The number of carboxylic acid groups (broad SMARTS) is 1. The van der Waals surface area contributed by atoms with E-state index in [0.29, 0.717) is 22.2 Å². The maximum Gasteiger partial charge on any atom is 0.328 e. The van der Waals surface area contributed by atoms with E-state index in [1.165, 1.54) is 6.08 Å². The van der Waals surface area contributed by atoms with Gasteiger partial charge in [0.2, 0.25) is 5.88 Å². The monoisotopic (exact) mass is 303 g/mol. The molecule has 0 bridgehead atoms. The van der Waals surface area contributed by atoms with Crippen molar-refractivity contribution in [2.75, 3.05) is 0 Å². The third-order valence-corrected chi connectivity index (χ3v) is 3.05. The Labute approximate surface area is 127 Å². The number of carbonyl (C=O) groups is 1. The van der Waals surface area contributed by atoms with Crippen molar-refractivity contribution in [1.82, 2.24) is 4.98 Å². The van der Waals surface area contributed by atoms with Gasteiger partial charge in [0, 0.05) is 22.9 Å². The number of nitrogens with zero attached hydrogens (tertiary/aromatic N) is 1. The van der Waals surface area contributed by atoms with Crippen molar-refractivity contribution in [2.24, 2.45) is 0 Å². The van der Waals surface area contributed by atoms with Crippen molar-refractivity contribution in [3.8, 4) is 11.6 Å². The summed E-state index contributed by atoms with van der Waals surface area (Å²) in [6, 6.07) is 7.17. The SMILES string of the molecule is Cc1cc(Cl)ccc1Oc1ncc(/C=C/C(=O)O)cc1C. The molecule has 0 saturated carbocycles. The van der Waals surface area contributed by atoms with E-state index >= 15 is 0 Å². The molecular weight excluding hydrogens is 290 g/mol. The Kier molecular flexibility index (Phi) is 4.60. The molecule has 0 aliphatic carbocycles. The quantitative estimate of drug-likeness (QED) is 0.858. The van der Waals surface area contributed by atoms with Crippen LogP contribution in [0.15, 0.2) is 36.5 Å². The Hall–Kier alpha value is -2.33. The van der Waals surface area contributed by atoms with Crippen LogP contribution in [-0.2, 0) is 4.79 Å². The third-order valence-electron chi connectivity index (χ3n) is 2.81. The van der Waals surface area contributed by atoms with Gasteiger partial charge < -0.3 is 9.84 Å². The summed E-state index contributed by atoms with van der Waals surface area (Å²) in [6.45, 7) is 3.76. The number of aliphatic carboxylic acids is 1. The molecule has 0 fully saturated rings. The van der Waals surface area contributed by atoms with Crippen LogP contribution in [0, 0.1) is 13.8 Å². The smallest absolute Gasteiger partial charge is 0.328 e. The van der Waals surface area contributed by atoms with Crippen LogP contribution in [0.5, 0.6) is 11.6 Å². The summed E-state index contributed by atoms with van der Waals surface area (Å²) >= 11 is 5.91. The second-order valence-corrected chi connectivity index (χ2v) is 5.01. The van der Waals surface area contributed by atoms with Crippen LogP contribution in [0.4, 0.5) is 0 Å². The predicted molar refractivity (Wildman–Crippen MR) is 81.9 cm³/mol. The largest absolute Gasteiger partial charge is 0.478 e. The molecule has 0 saturated heterocycles. The van der Waals surface area contributed by atoms with E-state index in [2.05, 4.69) is 4.98 Å². The number of aromatic nitrogens is 1. The number of aryl methyl sites for hydroxylation is 2. The molecule has 1 heterocycles. The lowest BCUT2D eigenvalue weighted by atomic mass is 10.2. The summed E-state index contributed by atoms with van der Waals surface area (Å²) < 4.78 is 5.77. The zero-order chi connectivity index (χ0) is 15.4. The highest BCUT2D eigenvalue weighted by Gasteiger charge is 2.06. The molecule has 1 aromatic carbocycles. The van der Waals surface area contributed by atoms with E-state index in [9.17, 15) is 4.79 Å². The van der Waals surface area contributed by atoms with Gasteiger partial charge in [0.15, 0.2) is 0 Å². The number of benzene rings is 1. The van der Waals surface area contributed by atoms with Gasteiger partial charge in [-0.25, -0.2) is 9.78 Å². The average Bonchev–Trinajstić information content (AvgIpc) is 2.42. The zero-order valence-corrected chi connectivity index (χ0v) is 12.4. The van der Waals surface area contributed by atoms with Gasteiger partial charge in [0.1, 0.15) is 5.75 Å². The molecule has 0 spiro atoms. The molecule has 0 unspecified atom stereocenters. The van der Waals surface area contributed by atoms with Crippen molar-refractivity contribution < 1.29 is 14.6 Å².